The van der Waals surface area contributed by atoms with Gasteiger partial charge in [0.1, 0.15) is 0 Å². The summed E-state index contributed by atoms with van der Waals surface area (Å²) in [6.45, 7) is 3.84. The van der Waals surface area contributed by atoms with Crippen LogP contribution in [0.4, 0.5) is 0 Å². The Morgan fingerprint density at radius 1 is 1.33 bits per heavy atom. The van der Waals surface area contributed by atoms with Gasteiger partial charge < -0.3 is 14.8 Å². The van der Waals surface area contributed by atoms with Crippen molar-refractivity contribution in [3.63, 3.8) is 0 Å². The molecule has 21 heavy (non-hydrogen) atoms. The van der Waals surface area contributed by atoms with Crippen LogP contribution in [0, 0.1) is 0 Å². The molecule has 1 aliphatic rings. The first kappa shape index (κ1) is 16.4. The smallest absolute Gasteiger partial charge is 0.258 e. The number of amides is 1. The zero-order chi connectivity index (χ0) is 15.2. The zero-order valence-corrected chi connectivity index (χ0v) is 14.2. The first-order valence-corrected chi connectivity index (χ1v) is 9.03. The van der Waals surface area contributed by atoms with Crippen LogP contribution >= 0.6 is 23.5 Å². The van der Waals surface area contributed by atoms with Gasteiger partial charge in [-0.25, -0.2) is 0 Å². The van der Waals surface area contributed by atoms with Gasteiger partial charge >= 0.3 is 0 Å². The van der Waals surface area contributed by atoms with Crippen molar-refractivity contribution in [3.05, 3.63) is 23.8 Å². The Kier molecular flexibility index (Phi) is 6.11. The van der Waals surface area contributed by atoms with Crippen molar-refractivity contribution in [2.75, 3.05) is 25.2 Å². The maximum atomic E-state index is 11.6. The van der Waals surface area contributed by atoms with Crippen LogP contribution in [0.2, 0.25) is 0 Å². The molecule has 0 spiro atoms. The number of thioether (sulfide) groups is 2. The highest BCUT2D eigenvalue weighted by molar-refractivity contribution is 8.19. The molecular formula is C15H21NO3S2. The maximum Gasteiger partial charge on any atom is 0.258 e. The molecule has 0 atom stereocenters. The summed E-state index contributed by atoms with van der Waals surface area (Å²) in [6.07, 6.45) is 0. The topological polar surface area (TPSA) is 47.6 Å². The van der Waals surface area contributed by atoms with E-state index in [-0.39, 0.29) is 18.6 Å². The highest BCUT2D eigenvalue weighted by Crippen LogP contribution is 2.46. The highest BCUT2D eigenvalue weighted by Gasteiger charge is 2.20. The maximum absolute atomic E-state index is 11.6. The molecule has 1 N–H and O–H groups in total. The van der Waals surface area contributed by atoms with E-state index in [0.717, 1.165) is 0 Å². The van der Waals surface area contributed by atoms with Crippen LogP contribution in [0.5, 0.6) is 11.5 Å². The summed E-state index contributed by atoms with van der Waals surface area (Å²) in [4.78, 5) is 11.6. The molecule has 0 aliphatic carbocycles. The molecule has 116 valence electrons. The lowest BCUT2D eigenvalue weighted by Gasteiger charge is -2.15. The van der Waals surface area contributed by atoms with E-state index >= 15 is 0 Å². The number of benzene rings is 1. The summed E-state index contributed by atoms with van der Waals surface area (Å²) in [5, 5.41) is 2.80. The lowest BCUT2D eigenvalue weighted by molar-refractivity contribution is -0.123. The fraction of sp³-hybridized carbons (Fsp3) is 0.533. The van der Waals surface area contributed by atoms with E-state index in [2.05, 4.69) is 5.32 Å². The second-order valence-electron chi connectivity index (χ2n) is 4.99. The number of hydrogen-bond acceptors (Lipinski definition) is 5. The summed E-state index contributed by atoms with van der Waals surface area (Å²) in [7, 11) is 1.62. The van der Waals surface area contributed by atoms with Crippen LogP contribution in [-0.4, -0.2) is 37.2 Å². The molecule has 0 radical (unpaired) electrons. The average molecular weight is 327 g/mol. The molecule has 6 heteroatoms. The average Bonchev–Trinajstić information content (AvgIpc) is 2.98. The largest absolute Gasteiger partial charge is 0.493 e. The Morgan fingerprint density at radius 2 is 2.05 bits per heavy atom. The number of rotatable bonds is 6. The van der Waals surface area contributed by atoms with E-state index in [4.69, 9.17) is 9.47 Å². The first-order valence-electron chi connectivity index (χ1n) is 6.93. The molecule has 1 aromatic carbocycles. The van der Waals surface area contributed by atoms with Crippen molar-refractivity contribution in [1.29, 1.82) is 0 Å². The van der Waals surface area contributed by atoms with Gasteiger partial charge in [-0.05, 0) is 31.5 Å². The Morgan fingerprint density at radius 3 is 2.67 bits per heavy atom. The van der Waals surface area contributed by atoms with Gasteiger partial charge in [-0.15, -0.1) is 23.5 Å². The monoisotopic (exact) mass is 327 g/mol. The summed E-state index contributed by atoms with van der Waals surface area (Å²) in [5.41, 5.74) is 1.23. The lowest BCUT2D eigenvalue weighted by Crippen LogP contribution is -2.34. The summed E-state index contributed by atoms with van der Waals surface area (Å²) < 4.78 is 11.4. The molecule has 0 unspecified atom stereocenters. The second kappa shape index (κ2) is 7.84. The van der Waals surface area contributed by atoms with Gasteiger partial charge in [-0.3, -0.25) is 4.79 Å². The summed E-state index contributed by atoms with van der Waals surface area (Å²) in [5.74, 6) is 3.53. The number of carbonyl (C=O) groups is 1. The zero-order valence-electron chi connectivity index (χ0n) is 12.5. The van der Waals surface area contributed by atoms with E-state index in [1.54, 1.807) is 7.11 Å². The molecule has 1 heterocycles. The van der Waals surface area contributed by atoms with Gasteiger partial charge in [0, 0.05) is 17.5 Å². The van der Waals surface area contributed by atoms with Crippen LogP contribution in [0.15, 0.2) is 18.2 Å². The fourth-order valence-electron chi connectivity index (χ4n) is 2.01. The van der Waals surface area contributed by atoms with Crippen molar-refractivity contribution in [2.24, 2.45) is 0 Å². The van der Waals surface area contributed by atoms with Gasteiger partial charge in [-0.1, -0.05) is 6.07 Å². The van der Waals surface area contributed by atoms with E-state index < -0.39 is 0 Å². The standard InChI is InChI=1S/C15H21NO3S2/c1-10(2)16-14(17)9-19-12-5-4-11(8-13(12)18-3)15-20-6-7-21-15/h4-5,8,10,15H,6-7,9H2,1-3H3,(H,16,17). The summed E-state index contributed by atoms with van der Waals surface area (Å²) >= 11 is 3.90. The van der Waals surface area contributed by atoms with Gasteiger partial charge in [0.2, 0.25) is 0 Å². The molecule has 0 aromatic heterocycles. The number of ether oxygens (including phenoxy) is 2. The predicted octanol–water partition coefficient (Wildman–Crippen LogP) is 3.08. The molecule has 0 bridgehead atoms. The van der Waals surface area contributed by atoms with E-state index in [9.17, 15) is 4.79 Å². The Balaban J connectivity index is 2.00. The van der Waals surface area contributed by atoms with Crippen LogP contribution < -0.4 is 14.8 Å². The highest BCUT2D eigenvalue weighted by atomic mass is 32.2. The van der Waals surface area contributed by atoms with Gasteiger partial charge in [0.05, 0.1) is 11.7 Å². The Labute approximate surface area is 134 Å². The molecule has 2 rings (SSSR count). The van der Waals surface area contributed by atoms with Crippen LogP contribution in [0.1, 0.15) is 24.0 Å². The first-order chi connectivity index (χ1) is 10.1. The molecule has 1 saturated heterocycles. The van der Waals surface area contributed by atoms with Gasteiger partial charge in [0.25, 0.3) is 5.91 Å². The molecule has 1 aromatic rings. The van der Waals surface area contributed by atoms with Crippen molar-refractivity contribution < 1.29 is 14.3 Å². The van der Waals surface area contributed by atoms with Crippen LogP contribution in [0.25, 0.3) is 0 Å². The predicted molar refractivity (Wildman–Crippen MR) is 89.4 cm³/mol. The lowest BCUT2D eigenvalue weighted by atomic mass is 10.2. The molecule has 1 fully saturated rings. The van der Waals surface area contributed by atoms with Crippen molar-refractivity contribution in [3.8, 4) is 11.5 Å². The SMILES string of the molecule is COc1cc(C2SCCS2)ccc1OCC(=O)NC(C)C. The van der Waals surface area contributed by atoms with Crippen molar-refractivity contribution in [1.82, 2.24) is 5.32 Å². The third kappa shape index (κ3) is 4.74. The Hall–Kier alpha value is -1.01. The number of hydrogen-bond donors (Lipinski definition) is 1. The molecule has 4 nitrogen and oxygen atoms in total. The van der Waals surface area contributed by atoms with Crippen molar-refractivity contribution >= 4 is 29.4 Å². The minimum absolute atomic E-state index is 0.000809. The normalized spacial score (nSPS) is 15.2. The molecule has 1 aliphatic heterocycles. The number of carbonyl (C=O) groups excluding carboxylic acids is 1. The van der Waals surface area contributed by atoms with Crippen LogP contribution in [0.3, 0.4) is 0 Å². The van der Waals surface area contributed by atoms with E-state index in [0.29, 0.717) is 16.1 Å². The molecule has 1 amide bonds. The van der Waals surface area contributed by atoms with Crippen molar-refractivity contribution in [2.45, 2.75) is 24.5 Å². The molecule has 0 saturated carbocycles. The fourth-order valence-corrected chi connectivity index (χ4v) is 4.85. The van der Waals surface area contributed by atoms with Crippen LogP contribution in [-0.2, 0) is 4.79 Å². The third-order valence-electron chi connectivity index (χ3n) is 2.89. The van der Waals surface area contributed by atoms with Gasteiger partial charge in [0.15, 0.2) is 18.1 Å². The molecular weight excluding hydrogens is 306 g/mol. The van der Waals surface area contributed by atoms with E-state index in [1.165, 1.54) is 17.1 Å². The minimum atomic E-state index is -0.127. The minimum Gasteiger partial charge on any atom is -0.493 e. The number of methoxy groups -OCH3 is 1. The Bertz CT molecular complexity index is 488. The van der Waals surface area contributed by atoms with Gasteiger partial charge in [-0.2, -0.15) is 0 Å². The van der Waals surface area contributed by atoms with E-state index in [1.807, 2.05) is 55.6 Å². The quantitative estimate of drug-likeness (QED) is 0.870. The third-order valence-corrected chi connectivity index (χ3v) is 5.99. The second-order valence-corrected chi connectivity index (χ2v) is 7.72. The summed E-state index contributed by atoms with van der Waals surface area (Å²) in [6, 6.07) is 6.05. The number of nitrogens with one attached hydrogen (secondary N) is 1.